The highest BCUT2D eigenvalue weighted by Crippen LogP contribution is 1.65. The van der Waals surface area contributed by atoms with E-state index in [1.807, 2.05) is 0 Å². The van der Waals surface area contributed by atoms with Gasteiger partial charge in [0.25, 0.3) is 0 Å². The molecule has 0 saturated heterocycles. The summed E-state index contributed by atoms with van der Waals surface area (Å²) in [7, 11) is 3.48. The predicted molar refractivity (Wildman–Crippen MR) is 35.8 cm³/mol. The minimum atomic E-state index is 0.746. The first-order chi connectivity index (χ1) is 3.81. The standard InChI is InChI=1S/C5H11N3/c1-5(7-3)8-4-6-2/h4,7H,1H2,2-3H3,(H,6,8). The van der Waals surface area contributed by atoms with Gasteiger partial charge in [0.05, 0.1) is 12.2 Å². The number of nitrogens with one attached hydrogen (secondary N) is 2. The van der Waals surface area contributed by atoms with Crippen molar-refractivity contribution in [3.63, 3.8) is 0 Å². The molecule has 0 amide bonds. The third-order valence-corrected chi connectivity index (χ3v) is 0.670. The molecule has 8 heavy (non-hydrogen) atoms. The summed E-state index contributed by atoms with van der Waals surface area (Å²) in [4.78, 5) is 3.69. The molecule has 46 valence electrons. The molecule has 0 fully saturated rings. The van der Waals surface area contributed by atoms with Crippen molar-refractivity contribution < 1.29 is 0 Å². The van der Waals surface area contributed by atoms with Gasteiger partial charge in [0.1, 0.15) is 0 Å². The van der Waals surface area contributed by atoms with Gasteiger partial charge in [0.2, 0.25) is 0 Å². The fourth-order valence-electron chi connectivity index (χ4n) is 0.215. The Hall–Kier alpha value is -0.990. The maximum atomic E-state index is 3.69. The van der Waals surface area contributed by atoms with Crippen LogP contribution in [-0.2, 0) is 0 Å². The molecule has 0 saturated carbocycles. The molecular formula is C5H11N3. The molecule has 0 aliphatic heterocycles. The van der Waals surface area contributed by atoms with Crippen LogP contribution in [-0.4, -0.2) is 20.4 Å². The second-order valence-electron chi connectivity index (χ2n) is 1.26. The molecule has 0 atom stereocenters. The van der Waals surface area contributed by atoms with Gasteiger partial charge in [0, 0.05) is 14.1 Å². The zero-order chi connectivity index (χ0) is 6.41. The molecule has 0 rings (SSSR count). The van der Waals surface area contributed by atoms with Gasteiger partial charge < -0.3 is 10.6 Å². The molecular weight excluding hydrogens is 102 g/mol. The van der Waals surface area contributed by atoms with Crippen LogP contribution in [0.1, 0.15) is 0 Å². The maximum Gasteiger partial charge on any atom is 0.0961 e. The van der Waals surface area contributed by atoms with Crippen molar-refractivity contribution in [1.29, 1.82) is 0 Å². The van der Waals surface area contributed by atoms with Crippen LogP contribution >= 0.6 is 0 Å². The van der Waals surface area contributed by atoms with E-state index in [1.54, 1.807) is 20.4 Å². The molecule has 0 aromatic heterocycles. The van der Waals surface area contributed by atoms with Crippen LogP contribution in [0.4, 0.5) is 0 Å². The highest BCUT2D eigenvalue weighted by atomic mass is 15.1. The molecule has 0 radical (unpaired) electrons. The molecule has 0 aromatic rings. The second kappa shape index (κ2) is 4.18. The van der Waals surface area contributed by atoms with Gasteiger partial charge in [0.15, 0.2) is 0 Å². The first-order valence-corrected chi connectivity index (χ1v) is 2.35. The summed E-state index contributed by atoms with van der Waals surface area (Å²) >= 11 is 0. The van der Waals surface area contributed by atoms with E-state index < -0.39 is 0 Å². The number of nitrogens with zero attached hydrogens (tertiary/aromatic N) is 1. The Morgan fingerprint density at radius 3 is 2.75 bits per heavy atom. The molecule has 0 spiro atoms. The lowest BCUT2D eigenvalue weighted by Crippen LogP contribution is -2.20. The lowest BCUT2D eigenvalue weighted by atomic mass is 10.8. The monoisotopic (exact) mass is 113 g/mol. The van der Waals surface area contributed by atoms with E-state index in [4.69, 9.17) is 0 Å². The van der Waals surface area contributed by atoms with Crippen molar-refractivity contribution in [2.75, 3.05) is 14.1 Å². The zero-order valence-corrected chi connectivity index (χ0v) is 5.23. The van der Waals surface area contributed by atoms with Crippen LogP contribution < -0.4 is 10.6 Å². The molecule has 3 heteroatoms. The molecule has 0 bridgehead atoms. The second-order valence-corrected chi connectivity index (χ2v) is 1.26. The summed E-state index contributed by atoms with van der Waals surface area (Å²) in [5.41, 5.74) is 0. The lowest BCUT2D eigenvalue weighted by Gasteiger charge is -1.99. The molecule has 0 heterocycles. The third kappa shape index (κ3) is 3.21. The van der Waals surface area contributed by atoms with Gasteiger partial charge in [-0.15, -0.1) is 0 Å². The number of aliphatic imine (C=N–C) groups is 1. The number of rotatable bonds is 3. The summed E-state index contributed by atoms with van der Waals surface area (Å²) in [6.45, 7) is 3.60. The molecule has 0 aromatic carbocycles. The average molecular weight is 113 g/mol. The Morgan fingerprint density at radius 1 is 1.75 bits per heavy atom. The van der Waals surface area contributed by atoms with Crippen molar-refractivity contribution >= 4 is 6.34 Å². The molecule has 0 unspecified atom stereocenters. The molecule has 0 aliphatic carbocycles. The van der Waals surface area contributed by atoms with E-state index in [9.17, 15) is 0 Å². The molecule has 0 aliphatic rings. The first kappa shape index (κ1) is 7.01. The van der Waals surface area contributed by atoms with Crippen LogP contribution in [0.2, 0.25) is 0 Å². The summed E-state index contributed by atoms with van der Waals surface area (Å²) in [6, 6.07) is 0. The Kier molecular flexibility index (Phi) is 3.66. The van der Waals surface area contributed by atoms with E-state index in [-0.39, 0.29) is 0 Å². The smallest absolute Gasteiger partial charge is 0.0961 e. The van der Waals surface area contributed by atoms with Gasteiger partial charge in [-0.3, -0.25) is 4.99 Å². The van der Waals surface area contributed by atoms with Crippen molar-refractivity contribution in [2.24, 2.45) is 4.99 Å². The highest BCUT2D eigenvalue weighted by molar-refractivity contribution is 5.56. The Labute approximate surface area is 49.5 Å². The summed E-state index contributed by atoms with van der Waals surface area (Å²) in [6.07, 6.45) is 1.57. The normalized spacial score (nSPS) is 9.25. The summed E-state index contributed by atoms with van der Waals surface area (Å²) < 4.78 is 0. The SMILES string of the molecule is C=C(NC)NC=NC. The van der Waals surface area contributed by atoms with Gasteiger partial charge in [-0.05, 0) is 0 Å². The van der Waals surface area contributed by atoms with E-state index in [2.05, 4.69) is 22.2 Å². The minimum absolute atomic E-state index is 0.746. The predicted octanol–water partition coefficient (Wildman–Crippen LogP) is -0.0753. The van der Waals surface area contributed by atoms with E-state index in [1.165, 1.54) is 0 Å². The topological polar surface area (TPSA) is 36.4 Å². The van der Waals surface area contributed by atoms with Crippen molar-refractivity contribution in [3.8, 4) is 0 Å². The number of hydrogen-bond donors (Lipinski definition) is 2. The minimum Gasteiger partial charge on any atom is -0.375 e. The Balaban J connectivity index is 3.25. The van der Waals surface area contributed by atoms with Crippen LogP contribution in [0.15, 0.2) is 17.4 Å². The largest absolute Gasteiger partial charge is 0.375 e. The first-order valence-electron chi connectivity index (χ1n) is 2.35. The average Bonchev–Trinajstić information content (AvgIpc) is 1.83. The Bertz CT molecular complexity index is 95.8. The van der Waals surface area contributed by atoms with Crippen LogP contribution in [0.25, 0.3) is 0 Å². The fraction of sp³-hybridized carbons (Fsp3) is 0.400. The van der Waals surface area contributed by atoms with Gasteiger partial charge >= 0.3 is 0 Å². The molecule has 3 nitrogen and oxygen atoms in total. The van der Waals surface area contributed by atoms with Crippen LogP contribution in [0.3, 0.4) is 0 Å². The van der Waals surface area contributed by atoms with Crippen molar-refractivity contribution in [1.82, 2.24) is 10.6 Å². The lowest BCUT2D eigenvalue weighted by molar-refractivity contribution is 0.912. The van der Waals surface area contributed by atoms with E-state index in [0.29, 0.717) is 0 Å². The van der Waals surface area contributed by atoms with Gasteiger partial charge in [-0.1, -0.05) is 6.58 Å². The number of hydrogen-bond acceptors (Lipinski definition) is 2. The van der Waals surface area contributed by atoms with Gasteiger partial charge in [-0.25, -0.2) is 0 Å². The Morgan fingerprint density at radius 2 is 2.38 bits per heavy atom. The quantitative estimate of drug-likeness (QED) is 0.397. The van der Waals surface area contributed by atoms with Gasteiger partial charge in [-0.2, -0.15) is 0 Å². The third-order valence-electron chi connectivity index (χ3n) is 0.670. The summed E-state index contributed by atoms with van der Waals surface area (Å²) in [5, 5.41) is 5.59. The van der Waals surface area contributed by atoms with Crippen LogP contribution in [0, 0.1) is 0 Å². The maximum absolute atomic E-state index is 3.69. The van der Waals surface area contributed by atoms with E-state index in [0.717, 1.165) is 5.82 Å². The van der Waals surface area contributed by atoms with Crippen molar-refractivity contribution in [2.45, 2.75) is 0 Å². The summed E-state index contributed by atoms with van der Waals surface area (Å²) in [5.74, 6) is 0.746. The highest BCUT2D eigenvalue weighted by Gasteiger charge is 1.76. The molecule has 2 N–H and O–H groups in total. The van der Waals surface area contributed by atoms with E-state index >= 15 is 0 Å². The fourth-order valence-corrected chi connectivity index (χ4v) is 0.215. The van der Waals surface area contributed by atoms with Crippen LogP contribution in [0.5, 0.6) is 0 Å². The van der Waals surface area contributed by atoms with Crippen molar-refractivity contribution in [3.05, 3.63) is 12.4 Å². The zero-order valence-electron chi connectivity index (χ0n) is 5.23.